The van der Waals surface area contributed by atoms with Crippen molar-refractivity contribution in [1.29, 1.82) is 0 Å². The van der Waals surface area contributed by atoms with Crippen LogP contribution in [0.5, 0.6) is 0 Å². The van der Waals surface area contributed by atoms with Crippen LogP contribution in [0, 0.1) is 20.8 Å². The Bertz CT molecular complexity index is 674. The molecule has 1 N–H and O–H groups in total. The van der Waals surface area contributed by atoms with Crippen molar-refractivity contribution < 1.29 is 4.79 Å². The van der Waals surface area contributed by atoms with Crippen molar-refractivity contribution in [2.45, 2.75) is 47.2 Å². The Kier molecular flexibility index (Phi) is 5.39. The standard InChI is InChI=1S/C15H22BrN5O/c1-5-20-11(3)13(9-18-20)15(22)17-7-6-8-21-12(4)14(16)10(2)19-21/h9H,5-8H2,1-4H3,(H,17,22). The van der Waals surface area contributed by atoms with E-state index < -0.39 is 0 Å². The highest BCUT2D eigenvalue weighted by molar-refractivity contribution is 9.10. The number of amides is 1. The van der Waals surface area contributed by atoms with Gasteiger partial charge in [-0.15, -0.1) is 0 Å². The summed E-state index contributed by atoms with van der Waals surface area (Å²) in [5, 5.41) is 11.6. The van der Waals surface area contributed by atoms with E-state index in [1.807, 2.05) is 37.1 Å². The highest BCUT2D eigenvalue weighted by Gasteiger charge is 2.13. The molecule has 2 aromatic rings. The Morgan fingerprint density at radius 2 is 2.00 bits per heavy atom. The SMILES string of the molecule is CCn1ncc(C(=O)NCCCn2nc(C)c(Br)c2C)c1C. The molecule has 2 heterocycles. The quantitative estimate of drug-likeness (QED) is 0.798. The number of nitrogens with one attached hydrogen (secondary N) is 1. The summed E-state index contributed by atoms with van der Waals surface area (Å²) in [6, 6.07) is 0. The number of aryl methyl sites for hydroxylation is 3. The number of aromatic nitrogens is 4. The minimum Gasteiger partial charge on any atom is -0.352 e. The van der Waals surface area contributed by atoms with Crippen LogP contribution in [-0.4, -0.2) is 32.0 Å². The molecule has 6 nitrogen and oxygen atoms in total. The van der Waals surface area contributed by atoms with Crippen molar-refractivity contribution in [3.05, 3.63) is 33.3 Å². The summed E-state index contributed by atoms with van der Waals surface area (Å²) in [6.07, 6.45) is 2.47. The maximum Gasteiger partial charge on any atom is 0.254 e. The van der Waals surface area contributed by atoms with E-state index in [0.717, 1.165) is 41.1 Å². The molecule has 0 aliphatic rings. The molecule has 0 aromatic carbocycles. The maximum absolute atomic E-state index is 12.1. The largest absolute Gasteiger partial charge is 0.352 e. The second-order valence-electron chi connectivity index (χ2n) is 5.28. The lowest BCUT2D eigenvalue weighted by atomic mass is 10.2. The minimum atomic E-state index is -0.0632. The Hall–Kier alpha value is -1.63. The van der Waals surface area contributed by atoms with Crippen LogP contribution in [-0.2, 0) is 13.1 Å². The number of hydrogen-bond acceptors (Lipinski definition) is 3. The Labute approximate surface area is 139 Å². The van der Waals surface area contributed by atoms with E-state index in [4.69, 9.17) is 0 Å². The van der Waals surface area contributed by atoms with E-state index in [-0.39, 0.29) is 5.91 Å². The molecular weight excluding hydrogens is 346 g/mol. The molecule has 0 aliphatic carbocycles. The number of rotatable bonds is 6. The molecule has 2 aromatic heterocycles. The smallest absolute Gasteiger partial charge is 0.254 e. The monoisotopic (exact) mass is 367 g/mol. The fourth-order valence-corrected chi connectivity index (χ4v) is 2.69. The minimum absolute atomic E-state index is 0.0632. The second-order valence-corrected chi connectivity index (χ2v) is 6.07. The van der Waals surface area contributed by atoms with Crippen molar-refractivity contribution in [3.8, 4) is 0 Å². The topological polar surface area (TPSA) is 64.7 Å². The van der Waals surface area contributed by atoms with E-state index >= 15 is 0 Å². The lowest BCUT2D eigenvalue weighted by Gasteiger charge is -2.07. The highest BCUT2D eigenvalue weighted by Crippen LogP contribution is 2.19. The fourth-order valence-electron chi connectivity index (χ4n) is 2.41. The Morgan fingerprint density at radius 3 is 2.55 bits per heavy atom. The normalized spacial score (nSPS) is 11.0. The lowest BCUT2D eigenvalue weighted by molar-refractivity contribution is 0.0952. The van der Waals surface area contributed by atoms with Gasteiger partial charge >= 0.3 is 0 Å². The molecule has 120 valence electrons. The van der Waals surface area contributed by atoms with Crippen molar-refractivity contribution in [2.75, 3.05) is 6.54 Å². The van der Waals surface area contributed by atoms with E-state index in [9.17, 15) is 4.79 Å². The van der Waals surface area contributed by atoms with Crippen LogP contribution in [0.25, 0.3) is 0 Å². The molecular formula is C15H22BrN5O. The van der Waals surface area contributed by atoms with Gasteiger partial charge < -0.3 is 5.32 Å². The van der Waals surface area contributed by atoms with Crippen LogP contribution in [0.15, 0.2) is 10.7 Å². The summed E-state index contributed by atoms with van der Waals surface area (Å²) < 4.78 is 4.84. The van der Waals surface area contributed by atoms with Gasteiger partial charge in [0, 0.05) is 31.0 Å². The maximum atomic E-state index is 12.1. The van der Waals surface area contributed by atoms with Crippen molar-refractivity contribution in [3.63, 3.8) is 0 Å². The molecule has 0 aliphatic heterocycles. The van der Waals surface area contributed by atoms with Gasteiger partial charge in [0.1, 0.15) is 0 Å². The summed E-state index contributed by atoms with van der Waals surface area (Å²) in [7, 11) is 0. The van der Waals surface area contributed by atoms with Crippen LogP contribution >= 0.6 is 15.9 Å². The zero-order valence-electron chi connectivity index (χ0n) is 13.5. The Morgan fingerprint density at radius 1 is 1.27 bits per heavy atom. The van der Waals surface area contributed by atoms with Crippen LogP contribution in [0.3, 0.4) is 0 Å². The molecule has 0 radical (unpaired) electrons. The van der Waals surface area contributed by atoms with Crippen LogP contribution in [0.4, 0.5) is 0 Å². The number of nitrogens with zero attached hydrogens (tertiary/aromatic N) is 4. The van der Waals surface area contributed by atoms with Gasteiger partial charge in [0.25, 0.3) is 5.91 Å². The lowest BCUT2D eigenvalue weighted by Crippen LogP contribution is -2.26. The summed E-state index contributed by atoms with van der Waals surface area (Å²) >= 11 is 3.52. The molecule has 0 unspecified atom stereocenters. The molecule has 7 heteroatoms. The van der Waals surface area contributed by atoms with Crippen molar-refractivity contribution >= 4 is 21.8 Å². The molecule has 0 spiro atoms. The molecule has 0 saturated carbocycles. The van der Waals surface area contributed by atoms with Gasteiger partial charge in [-0.05, 0) is 50.0 Å². The Balaban J connectivity index is 1.84. The van der Waals surface area contributed by atoms with E-state index in [0.29, 0.717) is 12.1 Å². The molecule has 0 fully saturated rings. The number of carbonyl (C=O) groups is 1. The average Bonchev–Trinajstić information content (AvgIpc) is 2.99. The predicted octanol–water partition coefficient (Wildman–Crippen LogP) is 2.61. The van der Waals surface area contributed by atoms with Crippen molar-refractivity contribution in [2.24, 2.45) is 0 Å². The molecule has 1 amide bonds. The zero-order valence-corrected chi connectivity index (χ0v) is 15.1. The number of hydrogen-bond donors (Lipinski definition) is 1. The van der Waals surface area contributed by atoms with E-state index in [1.54, 1.807) is 6.20 Å². The summed E-state index contributed by atoms with van der Waals surface area (Å²) in [4.78, 5) is 12.1. The van der Waals surface area contributed by atoms with Crippen LogP contribution in [0.2, 0.25) is 0 Å². The third-order valence-corrected chi connectivity index (χ3v) is 4.92. The molecule has 0 atom stereocenters. The van der Waals surface area contributed by atoms with Gasteiger partial charge in [0.15, 0.2) is 0 Å². The van der Waals surface area contributed by atoms with Gasteiger partial charge in [-0.3, -0.25) is 14.2 Å². The summed E-state index contributed by atoms with van der Waals surface area (Å²) in [5.41, 5.74) is 3.66. The summed E-state index contributed by atoms with van der Waals surface area (Å²) in [6.45, 7) is 10.1. The summed E-state index contributed by atoms with van der Waals surface area (Å²) in [5.74, 6) is -0.0632. The molecule has 2 rings (SSSR count). The fraction of sp³-hybridized carbons (Fsp3) is 0.533. The zero-order chi connectivity index (χ0) is 16.3. The van der Waals surface area contributed by atoms with Gasteiger partial charge in [-0.2, -0.15) is 10.2 Å². The first-order valence-electron chi connectivity index (χ1n) is 7.45. The highest BCUT2D eigenvalue weighted by atomic mass is 79.9. The number of halogens is 1. The second kappa shape index (κ2) is 7.09. The third-order valence-electron chi connectivity index (χ3n) is 3.77. The van der Waals surface area contributed by atoms with Gasteiger partial charge in [0.2, 0.25) is 0 Å². The van der Waals surface area contributed by atoms with E-state index in [1.165, 1.54) is 0 Å². The van der Waals surface area contributed by atoms with Crippen LogP contribution in [0.1, 0.15) is 40.8 Å². The van der Waals surface area contributed by atoms with Crippen molar-refractivity contribution in [1.82, 2.24) is 24.9 Å². The average molecular weight is 368 g/mol. The molecule has 22 heavy (non-hydrogen) atoms. The first kappa shape index (κ1) is 16.7. The predicted molar refractivity (Wildman–Crippen MR) is 89.0 cm³/mol. The third kappa shape index (κ3) is 3.40. The first-order valence-corrected chi connectivity index (χ1v) is 8.25. The van der Waals surface area contributed by atoms with Gasteiger partial charge in [0.05, 0.1) is 21.9 Å². The van der Waals surface area contributed by atoms with Gasteiger partial charge in [-0.1, -0.05) is 0 Å². The van der Waals surface area contributed by atoms with Gasteiger partial charge in [-0.25, -0.2) is 0 Å². The first-order chi connectivity index (χ1) is 10.5. The van der Waals surface area contributed by atoms with Crippen LogP contribution < -0.4 is 5.32 Å². The molecule has 0 bridgehead atoms. The molecule has 0 saturated heterocycles. The number of carbonyl (C=O) groups excluding carboxylic acids is 1. The van der Waals surface area contributed by atoms with E-state index in [2.05, 4.69) is 31.4 Å².